The van der Waals surface area contributed by atoms with Gasteiger partial charge in [-0.05, 0) is 31.7 Å². The number of nitrogens with zero attached hydrogens (tertiary/aromatic N) is 2. The molecule has 1 aromatic heterocycles. The fraction of sp³-hybridized carbons (Fsp3) is 0.824. The quantitative estimate of drug-likeness (QED) is 0.781. The molecule has 1 fully saturated rings. The topological polar surface area (TPSA) is 38.0 Å². The first-order chi connectivity index (χ1) is 10.2. The van der Waals surface area contributed by atoms with E-state index in [2.05, 4.69) is 35.9 Å². The van der Waals surface area contributed by atoms with Crippen molar-refractivity contribution in [3.8, 4) is 0 Å². The number of hydrogen-bond acceptors (Lipinski definition) is 3. The van der Waals surface area contributed by atoms with Gasteiger partial charge in [0.2, 0.25) is 0 Å². The third kappa shape index (κ3) is 5.33. The maximum atomic E-state index is 10.2. The molecule has 1 aliphatic carbocycles. The zero-order valence-corrected chi connectivity index (χ0v) is 14.3. The fourth-order valence-electron chi connectivity index (χ4n) is 3.13. The van der Waals surface area contributed by atoms with E-state index >= 15 is 0 Å². The van der Waals surface area contributed by atoms with Gasteiger partial charge in [0.05, 0.1) is 17.8 Å². The molecule has 0 aromatic carbocycles. The third-order valence-electron chi connectivity index (χ3n) is 4.50. The Balaban J connectivity index is 1.75. The fourth-order valence-corrected chi connectivity index (χ4v) is 4.41. The second-order valence-electron chi connectivity index (χ2n) is 6.21. The largest absolute Gasteiger partial charge is 0.392 e. The predicted octanol–water partition coefficient (Wildman–Crippen LogP) is 4.21. The molecule has 1 aliphatic rings. The van der Waals surface area contributed by atoms with Crippen molar-refractivity contribution in [3.05, 3.63) is 18.0 Å². The van der Waals surface area contributed by atoms with Gasteiger partial charge in [-0.2, -0.15) is 16.9 Å². The highest BCUT2D eigenvalue weighted by molar-refractivity contribution is 7.99. The van der Waals surface area contributed by atoms with Crippen molar-refractivity contribution in [2.45, 2.75) is 82.6 Å². The SMILES string of the molecule is CCC(CC)n1ccc(CC(O)CSC2CCCCC2)n1. The first-order valence-corrected chi connectivity index (χ1v) is 9.61. The van der Waals surface area contributed by atoms with Gasteiger partial charge in [0.15, 0.2) is 0 Å². The molecule has 0 bridgehead atoms. The Bertz CT molecular complexity index is 397. The van der Waals surface area contributed by atoms with E-state index in [1.807, 2.05) is 11.8 Å². The van der Waals surface area contributed by atoms with Crippen LogP contribution < -0.4 is 0 Å². The van der Waals surface area contributed by atoms with E-state index in [1.165, 1.54) is 32.1 Å². The normalized spacial score (nSPS) is 18.3. The van der Waals surface area contributed by atoms with Crippen LogP contribution in [0.2, 0.25) is 0 Å². The molecule has 0 aliphatic heterocycles. The summed E-state index contributed by atoms with van der Waals surface area (Å²) in [6.07, 6.45) is 11.5. The summed E-state index contributed by atoms with van der Waals surface area (Å²) in [6, 6.07) is 2.56. The van der Waals surface area contributed by atoms with Gasteiger partial charge in [0.25, 0.3) is 0 Å². The van der Waals surface area contributed by atoms with Crippen LogP contribution in [-0.4, -0.2) is 32.0 Å². The molecule has 0 saturated heterocycles. The monoisotopic (exact) mass is 310 g/mol. The number of rotatable bonds is 8. The maximum absolute atomic E-state index is 10.2. The Labute approximate surface area is 133 Å². The summed E-state index contributed by atoms with van der Waals surface area (Å²) in [6.45, 7) is 4.40. The van der Waals surface area contributed by atoms with Gasteiger partial charge >= 0.3 is 0 Å². The highest BCUT2D eigenvalue weighted by Gasteiger charge is 2.17. The second kappa shape index (κ2) is 8.84. The Hall–Kier alpha value is -0.480. The Morgan fingerprint density at radius 1 is 1.29 bits per heavy atom. The van der Waals surface area contributed by atoms with Crippen LogP contribution in [0.3, 0.4) is 0 Å². The smallest absolute Gasteiger partial charge is 0.0686 e. The van der Waals surface area contributed by atoms with Crippen LogP contribution in [0.5, 0.6) is 0 Å². The van der Waals surface area contributed by atoms with Crippen LogP contribution in [0.25, 0.3) is 0 Å². The van der Waals surface area contributed by atoms with Crippen LogP contribution in [-0.2, 0) is 6.42 Å². The summed E-state index contributed by atoms with van der Waals surface area (Å²) in [4.78, 5) is 0. The lowest BCUT2D eigenvalue weighted by Crippen LogP contribution is -2.18. The average Bonchev–Trinajstić information content (AvgIpc) is 2.96. The molecule has 3 nitrogen and oxygen atoms in total. The van der Waals surface area contributed by atoms with E-state index in [4.69, 9.17) is 0 Å². The molecule has 2 rings (SSSR count). The van der Waals surface area contributed by atoms with Crippen LogP contribution in [0, 0.1) is 0 Å². The number of hydrogen-bond donors (Lipinski definition) is 1. The number of aliphatic hydroxyl groups excluding tert-OH is 1. The molecule has 1 saturated carbocycles. The van der Waals surface area contributed by atoms with Crippen molar-refractivity contribution < 1.29 is 5.11 Å². The molecule has 0 radical (unpaired) electrons. The predicted molar refractivity (Wildman–Crippen MR) is 90.9 cm³/mol. The second-order valence-corrected chi connectivity index (χ2v) is 7.54. The molecular weight excluding hydrogens is 280 g/mol. The molecule has 0 spiro atoms. The Morgan fingerprint density at radius 2 is 2.00 bits per heavy atom. The van der Waals surface area contributed by atoms with Gasteiger partial charge in [-0.1, -0.05) is 33.1 Å². The zero-order valence-electron chi connectivity index (χ0n) is 13.5. The summed E-state index contributed by atoms with van der Waals surface area (Å²) in [5.41, 5.74) is 1.03. The minimum absolute atomic E-state index is 0.262. The third-order valence-corrected chi connectivity index (χ3v) is 6.02. The molecule has 1 N–H and O–H groups in total. The summed E-state index contributed by atoms with van der Waals surface area (Å²) in [5.74, 6) is 0.850. The van der Waals surface area contributed by atoms with Crippen molar-refractivity contribution in [3.63, 3.8) is 0 Å². The van der Waals surface area contributed by atoms with E-state index < -0.39 is 0 Å². The Kier molecular flexibility index (Phi) is 7.11. The van der Waals surface area contributed by atoms with Crippen LogP contribution in [0.4, 0.5) is 0 Å². The van der Waals surface area contributed by atoms with Crippen molar-refractivity contribution in [2.75, 3.05) is 5.75 Å². The molecule has 0 amide bonds. The highest BCUT2D eigenvalue weighted by atomic mass is 32.2. The molecule has 1 heterocycles. The molecule has 120 valence electrons. The summed E-state index contributed by atoms with van der Waals surface area (Å²) in [7, 11) is 0. The standard InChI is InChI=1S/C17H30N2OS/c1-3-15(4-2)19-11-10-14(18-19)12-16(20)13-21-17-8-6-5-7-9-17/h10-11,15-17,20H,3-9,12-13H2,1-2H3. The van der Waals surface area contributed by atoms with Crippen LogP contribution in [0.1, 0.15) is 70.5 Å². The lowest BCUT2D eigenvalue weighted by atomic mass is 10.0. The first-order valence-electron chi connectivity index (χ1n) is 8.56. The van der Waals surface area contributed by atoms with Gasteiger partial charge in [-0.15, -0.1) is 0 Å². The van der Waals surface area contributed by atoms with Crippen molar-refractivity contribution in [1.82, 2.24) is 9.78 Å². The van der Waals surface area contributed by atoms with E-state index in [1.54, 1.807) is 0 Å². The zero-order chi connectivity index (χ0) is 15.1. The van der Waals surface area contributed by atoms with E-state index in [0.29, 0.717) is 12.5 Å². The van der Waals surface area contributed by atoms with Gasteiger partial charge < -0.3 is 5.11 Å². The average molecular weight is 311 g/mol. The van der Waals surface area contributed by atoms with Gasteiger partial charge in [-0.3, -0.25) is 4.68 Å². The summed E-state index contributed by atoms with van der Waals surface area (Å²) >= 11 is 1.96. The molecular formula is C17H30N2OS. The highest BCUT2D eigenvalue weighted by Crippen LogP contribution is 2.28. The van der Waals surface area contributed by atoms with E-state index in [-0.39, 0.29) is 6.10 Å². The summed E-state index contributed by atoms with van der Waals surface area (Å²) in [5, 5.41) is 15.6. The minimum Gasteiger partial charge on any atom is -0.392 e. The molecule has 1 unspecified atom stereocenters. The number of aliphatic hydroxyl groups is 1. The molecule has 1 atom stereocenters. The van der Waals surface area contributed by atoms with Crippen LogP contribution in [0.15, 0.2) is 12.3 Å². The van der Waals surface area contributed by atoms with Gasteiger partial charge in [0, 0.05) is 23.6 Å². The summed E-state index contributed by atoms with van der Waals surface area (Å²) < 4.78 is 2.07. The Morgan fingerprint density at radius 3 is 2.67 bits per heavy atom. The van der Waals surface area contributed by atoms with Crippen molar-refractivity contribution in [2.24, 2.45) is 0 Å². The van der Waals surface area contributed by atoms with E-state index in [0.717, 1.165) is 29.5 Å². The molecule has 21 heavy (non-hydrogen) atoms. The van der Waals surface area contributed by atoms with Crippen molar-refractivity contribution in [1.29, 1.82) is 0 Å². The van der Waals surface area contributed by atoms with Gasteiger partial charge in [-0.25, -0.2) is 0 Å². The molecule has 1 aromatic rings. The lowest BCUT2D eigenvalue weighted by molar-refractivity contribution is 0.198. The number of thioether (sulfide) groups is 1. The van der Waals surface area contributed by atoms with Gasteiger partial charge in [0.1, 0.15) is 0 Å². The van der Waals surface area contributed by atoms with E-state index in [9.17, 15) is 5.11 Å². The molecule has 4 heteroatoms. The first kappa shape index (κ1) is 16.9. The lowest BCUT2D eigenvalue weighted by Gasteiger charge is -2.22. The number of aromatic nitrogens is 2. The van der Waals surface area contributed by atoms with Crippen molar-refractivity contribution >= 4 is 11.8 Å². The maximum Gasteiger partial charge on any atom is 0.0686 e. The van der Waals surface area contributed by atoms with Crippen LogP contribution >= 0.6 is 11.8 Å². The minimum atomic E-state index is -0.262.